The van der Waals surface area contributed by atoms with Crippen LogP contribution in [0.2, 0.25) is 0 Å². The largest absolute Gasteiger partial charge is 0.497 e. The van der Waals surface area contributed by atoms with Gasteiger partial charge in [0.15, 0.2) is 0 Å². The highest BCUT2D eigenvalue weighted by Crippen LogP contribution is 2.30. The summed E-state index contributed by atoms with van der Waals surface area (Å²) < 4.78 is 18.4. The topological polar surface area (TPSA) is 79.0 Å². The first-order valence-corrected chi connectivity index (χ1v) is 11.5. The average Bonchev–Trinajstić information content (AvgIpc) is 3.08. The molecule has 1 saturated heterocycles. The van der Waals surface area contributed by atoms with Gasteiger partial charge in [-0.3, -0.25) is 9.59 Å². The molecule has 34 heavy (non-hydrogen) atoms. The minimum atomic E-state index is -0.927. The first-order valence-electron chi connectivity index (χ1n) is 11.5. The molecule has 2 aliphatic rings. The van der Waals surface area contributed by atoms with Gasteiger partial charge in [0.05, 0.1) is 19.2 Å². The Hall–Kier alpha value is -3.68. The summed E-state index contributed by atoms with van der Waals surface area (Å²) in [7, 11) is 1.51. The molecule has 2 aromatic rings. The van der Waals surface area contributed by atoms with Gasteiger partial charge in [-0.25, -0.2) is 14.1 Å². The number of ether oxygens (including phenoxy) is 1. The third-order valence-corrected chi connectivity index (χ3v) is 6.20. The van der Waals surface area contributed by atoms with Crippen LogP contribution in [-0.2, 0) is 9.59 Å². The Labute approximate surface area is 198 Å². The first kappa shape index (κ1) is 23.5. The van der Waals surface area contributed by atoms with Gasteiger partial charge in [0.2, 0.25) is 5.91 Å². The number of imide groups is 1. The summed E-state index contributed by atoms with van der Waals surface area (Å²) in [5.41, 5.74) is 2.10. The maximum atomic E-state index is 13.4. The molecule has 7 nitrogen and oxygen atoms in total. The number of urea groups is 1. The molecule has 0 radical (unpaired) electrons. The number of carbonyl (C=O) groups excluding carboxylic acids is 3. The molecule has 1 fully saturated rings. The molecule has 0 bridgehead atoms. The second-order valence-electron chi connectivity index (χ2n) is 8.48. The normalized spacial score (nSPS) is 18.2. The quantitative estimate of drug-likeness (QED) is 0.445. The number of halogens is 1. The van der Waals surface area contributed by atoms with E-state index in [-0.39, 0.29) is 6.42 Å². The number of carbonyl (C=O) groups is 3. The van der Waals surface area contributed by atoms with Gasteiger partial charge in [0, 0.05) is 18.3 Å². The van der Waals surface area contributed by atoms with Crippen LogP contribution in [0.4, 0.5) is 20.6 Å². The fraction of sp³-hybridized carbons (Fsp3) is 0.346. The predicted molar refractivity (Wildman–Crippen MR) is 127 cm³/mol. The Balaban J connectivity index is 1.55. The molecule has 1 aliphatic carbocycles. The van der Waals surface area contributed by atoms with E-state index in [4.69, 9.17) is 4.74 Å². The van der Waals surface area contributed by atoms with E-state index in [9.17, 15) is 18.8 Å². The lowest BCUT2D eigenvalue weighted by atomic mass is 9.97. The van der Waals surface area contributed by atoms with Gasteiger partial charge in [0.25, 0.3) is 5.91 Å². The van der Waals surface area contributed by atoms with E-state index in [1.807, 2.05) is 0 Å². The number of amides is 4. The molecule has 0 saturated carbocycles. The standard InChI is InChI=1S/C26H28FN3O4/c1-34-22-9-5-8-21(16-22)30-25(32)23(17-24(31)28-20-12-10-19(27)11-13-20)29(26(30)33)15-14-18-6-3-2-4-7-18/h5-6,8-13,16,23H,2-4,7,14-15,17H2,1H3,(H,28,31)/t23-/m0/s1. The van der Waals surface area contributed by atoms with Crippen molar-refractivity contribution in [2.45, 2.75) is 44.6 Å². The van der Waals surface area contributed by atoms with Crippen LogP contribution in [0, 0.1) is 5.82 Å². The third-order valence-electron chi connectivity index (χ3n) is 6.20. The summed E-state index contributed by atoms with van der Waals surface area (Å²) in [6, 6.07) is 10.7. The van der Waals surface area contributed by atoms with Crippen molar-refractivity contribution in [1.82, 2.24) is 4.90 Å². The van der Waals surface area contributed by atoms with Crippen molar-refractivity contribution in [3.63, 3.8) is 0 Å². The lowest BCUT2D eigenvalue weighted by Gasteiger charge is -2.23. The zero-order chi connectivity index (χ0) is 24.1. The Bertz CT molecular complexity index is 1100. The van der Waals surface area contributed by atoms with Crippen molar-refractivity contribution in [3.05, 3.63) is 66.0 Å². The molecule has 1 aliphatic heterocycles. The van der Waals surface area contributed by atoms with Crippen LogP contribution in [0.1, 0.15) is 38.5 Å². The number of anilines is 2. The van der Waals surface area contributed by atoms with Crippen LogP contribution < -0.4 is 15.0 Å². The van der Waals surface area contributed by atoms with E-state index < -0.39 is 29.7 Å². The molecule has 8 heteroatoms. The molecule has 178 valence electrons. The number of rotatable bonds is 8. The number of benzene rings is 2. The molecular weight excluding hydrogens is 437 g/mol. The van der Waals surface area contributed by atoms with Crippen LogP contribution in [0.15, 0.2) is 60.2 Å². The van der Waals surface area contributed by atoms with E-state index in [0.717, 1.165) is 24.2 Å². The van der Waals surface area contributed by atoms with Crippen molar-refractivity contribution in [3.8, 4) is 5.75 Å². The highest BCUT2D eigenvalue weighted by atomic mass is 19.1. The smallest absolute Gasteiger partial charge is 0.332 e. The zero-order valence-electron chi connectivity index (χ0n) is 19.1. The van der Waals surface area contributed by atoms with Crippen LogP contribution in [0.3, 0.4) is 0 Å². The molecular formula is C26H28FN3O4. The summed E-state index contributed by atoms with van der Waals surface area (Å²) in [5, 5.41) is 2.68. The second kappa shape index (κ2) is 10.5. The highest BCUT2D eigenvalue weighted by Gasteiger charge is 2.46. The second-order valence-corrected chi connectivity index (χ2v) is 8.48. The lowest BCUT2D eigenvalue weighted by molar-refractivity contribution is -0.124. The van der Waals surface area contributed by atoms with Crippen LogP contribution in [0.5, 0.6) is 5.75 Å². The van der Waals surface area contributed by atoms with Gasteiger partial charge in [-0.05, 0) is 68.5 Å². The van der Waals surface area contributed by atoms with Crippen molar-refractivity contribution in [2.75, 3.05) is 23.9 Å². The Morgan fingerprint density at radius 3 is 2.65 bits per heavy atom. The number of nitrogens with zero attached hydrogens (tertiary/aromatic N) is 2. The summed E-state index contributed by atoms with van der Waals surface area (Å²) >= 11 is 0. The third kappa shape index (κ3) is 5.27. The zero-order valence-corrected chi connectivity index (χ0v) is 19.1. The van der Waals surface area contributed by atoms with E-state index >= 15 is 0 Å². The van der Waals surface area contributed by atoms with Crippen molar-refractivity contribution in [1.29, 1.82) is 0 Å². The number of hydrogen-bond donors (Lipinski definition) is 1. The fourth-order valence-corrected chi connectivity index (χ4v) is 4.39. The molecule has 2 aromatic carbocycles. The molecule has 1 N–H and O–H groups in total. The molecule has 4 amide bonds. The first-order chi connectivity index (χ1) is 16.5. The SMILES string of the molecule is COc1cccc(N2C(=O)[C@H](CC(=O)Nc3ccc(F)cc3)N(CCC3=CCCCC3)C2=O)c1. The molecule has 0 aromatic heterocycles. The van der Waals surface area contributed by atoms with Gasteiger partial charge < -0.3 is 15.0 Å². The van der Waals surface area contributed by atoms with Gasteiger partial charge in [-0.2, -0.15) is 0 Å². The molecule has 0 unspecified atom stereocenters. The molecule has 0 spiro atoms. The van der Waals surface area contributed by atoms with Gasteiger partial charge in [-0.15, -0.1) is 0 Å². The number of methoxy groups -OCH3 is 1. The molecule has 1 heterocycles. The summed E-state index contributed by atoms with van der Waals surface area (Å²) in [5.74, 6) is -0.765. The Morgan fingerprint density at radius 2 is 1.94 bits per heavy atom. The van der Waals surface area contributed by atoms with E-state index in [1.165, 1.54) is 48.3 Å². The van der Waals surface area contributed by atoms with E-state index in [0.29, 0.717) is 30.1 Å². The van der Waals surface area contributed by atoms with E-state index in [2.05, 4.69) is 11.4 Å². The van der Waals surface area contributed by atoms with Crippen LogP contribution >= 0.6 is 0 Å². The predicted octanol–water partition coefficient (Wildman–Crippen LogP) is 4.89. The van der Waals surface area contributed by atoms with Crippen LogP contribution in [-0.4, -0.2) is 42.4 Å². The van der Waals surface area contributed by atoms with Gasteiger partial charge in [-0.1, -0.05) is 17.7 Å². The van der Waals surface area contributed by atoms with Crippen molar-refractivity contribution < 1.29 is 23.5 Å². The minimum Gasteiger partial charge on any atom is -0.497 e. The maximum Gasteiger partial charge on any atom is 0.332 e. The number of nitrogens with one attached hydrogen (secondary N) is 1. The number of allylic oxidation sites excluding steroid dienone is 1. The summed E-state index contributed by atoms with van der Waals surface area (Å²) in [6.07, 6.45) is 7.00. The lowest BCUT2D eigenvalue weighted by Crippen LogP contribution is -2.38. The molecule has 1 atom stereocenters. The van der Waals surface area contributed by atoms with E-state index in [1.54, 1.807) is 24.3 Å². The highest BCUT2D eigenvalue weighted by molar-refractivity contribution is 6.22. The summed E-state index contributed by atoms with van der Waals surface area (Å²) in [6.45, 7) is 0.353. The Morgan fingerprint density at radius 1 is 1.15 bits per heavy atom. The minimum absolute atomic E-state index is 0.193. The van der Waals surface area contributed by atoms with Crippen molar-refractivity contribution >= 4 is 29.2 Å². The summed E-state index contributed by atoms with van der Waals surface area (Å²) in [4.78, 5) is 42.1. The van der Waals surface area contributed by atoms with Gasteiger partial charge >= 0.3 is 6.03 Å². The van der Waals surface area contributed by atoms with Gasteiger partial charge in [0.1, 0.15) is 17.6 Å². The van der Waals surface area contributed by atoms with Crippen molar-refractivity contribution in [2.24, 2.45) is 0 Å². The average molecular weight is 466 g/mol. The molecule has 4 rings (SSSR count). The van der Waals surface area contributed by atoms with Crippen LogP contribution in [0.25, 0.3) is 0 Å². The Kier molecular flexibility index (Phi) is 7.25. The number of hydrogen-bond acceptors (Lipinski definition) is 4. The maximum absolute atomic E-state index is 13.4. The monoisotopic (exact) mass is 465 g/mol. The fourth-order valence-electron chi connectivity index (χ4n) is 4.39.